The van der Waals surface area contributed by atoms with Crippen LogP contribution in [0.25, 0.3) is 0 Å². The Labute approximate surface area is 165 Å². The van der Waals surface area contributed by atoms with Gasteiger partial charge in [-0.15, -0.1) is 0 Å². The number of hydrogen-bond donors (Lipinski definition) is 0. The highest BCUT2D eigenvalue weighted by atomic mass is 16.5. The molecule has 1 unspecified atom stereocenters. The van der Waals surface area contributed by atoms with E-state index in [1.807, 2.05) is 32.0 Å². The molecule has 0 radical (unpaired) electrons. The molecule has 1 aliphatic rings. The van der Waals surface area contributed by atoms with Crippen molar-refractivity contribution in [3.05, 3.63) is 65.7 Å². The maximum absolute atomic E-state index is 13.0. The first-order valence-corrected chi connectivity index (χ1v) is 9.44. The molecule has 0 spiro atoms. The largest absolute Gasteiger partial charge is 0.491 e. The maximum atomic E-state index is 13.0. The zero-order valence-corrected chi connectivity index (χ0v) is 16.2. The van der Waals surface area contributed by atoms with Gasteiger partial charge in [0, 0.05) is 18.7 Å². The minimum Gasteiger partial charge on any atom is -0.491 e. The first-order chi connectivity index (χ1) is 13.5. The van der Waals surface area contributed by atoms with E-state index in [4.69, 9.17) is 14.2 Å². The summed E-state index contributed by atoms with van der Waals surface area (Å²) in [5.41, 5.74) is 1.01. The van der Waals surface area contributed by atoms with Gasteiger partial charge in [-0.3, -0.25) is 4.79 Å². The quantitative estimate of drug-likeness (QED) is 0.717. The number of carbonyl (C=O) groups excluding carboxylic acids is 2. The van der Waals surface area contributed by atoms with Crippen molar-refractivity contribution in [2.45, 2.75) is 26.1 Å². The Morgan fingerprint density at radius 2 is 1.61 bits per heavy atom. The fourth-order valence-electron chi connectivity index (χ4n) is 2.96. The minimum atomic E-state index is -0.988. The maximum Gasteiger partial charge on any atom is 0.339 e. The van der Waals surface area contributed by atoms with Crippen LogP contribution in [-0.2, 0) is 14.3 Å². The second-order valence-electron chi connectivity index (χ2n) is 6.82. The van der Waals surface area contributed by atoms with Crippen LogP contribution >= 0.6 is 0 Å². The summed E-state index contributed by atoms with van der Waals surface area (Å²) in [5.74, 6) is -0.107. The van der Waals surface area contributed by atoms with Crippen LogP contribution < -0.4 is 4.74 Å². The molecule has 0 saturated carbocycles. The molecule has 0 bridgehead atoms. The molecule has 1 saturated heterocycles. The molecule has 148 valence electrons. The smallest absolute Gasteiger partial charge is 0.339 e. The molecule has 6 nitrogen and oxygen atoms in total. The standard InChI is InChI=1S/C22H25NO5/c1-16(2)27-19-10-8-18(9-11-19)22(25)28-20(17-6-4-3-5-7-17)21(24)23-12-14-26-15-13-23/h3-11,16,20H,12-15H2,1-2H3. The summed E-state index contributed by atoms with van der Waals surface area (Å²) < 4.78 is 16.5. The number of ether oxygens (including phenoxy) is 3. The lowest BCUT2D eigenvalue weighted by atomic mass is 10.1. The number of carbonyl (C=O) groups is 2. The second kappa shape index (κ2) is 9.37. The van der Waals surface area contributed by atoms with Crippen LogP contribution in [0.1, 0.15) is 35.9 Å². The van der Waals surface area contributed by atoms with Crippen molar-refractivity contribution in [2.24, 2.45) is 0 Å². The van der Waals surface area contributed by atoms with Crippen molar-refractivity contribution in [1.82, 2.24) is 4.90 Å². The third kappa shape index (κ3) is 5.10. The van der Waals surface area contributed by atoms with Crippen molar-refractivity contribution in [1.29, 1.82) is 0 Å². The van der Waals surface area contributed by atoms with Gasteiger partial charge in [-0.2, -0.15) is 0 Å². The van der Waals surface area contributed by atoms with Crippen LogP contribution in [0.5, 0.6) is 5.75 Å². The zero-order chi connectivity index (χ0) is 19.9. The summed E-state index contributed by atoms with van der Waals surface area (Å²) >= 11 is 0. The molecule has 3 rings (SSSR count). The summed E-state index contributed by atoms with van der Waals surface area (Å²) in [7, 11) is 0. The summed E-state index contributed by atoms with van der Waals surface area (Å²) in [5, 5.41) is 0. The van der Waals surface area contributed by atoms with Crippen LogP contribution in [0.15, 0.2) is 54.6 Å². The Hall–Kier alpha value is -2.86. The third-order valence-electron chi connectivity index (χ3n) is 4.34. The van der Waals surface area contributed by atoms with Crippen molar-refractivity contribution >= 4 is 11.9 Å². The third-order valence-corrected chi connectivity index (χ3v) is 4.34. The number of benzene rings is 2. The number of amides is 1. The van der Waals surface area contributed by atoms with Crippen LogP contribution in [0.2, 0.25) is 0 Å². The van der Waals surface area contributed by atoms with Crippen LogP contribution in [0, 0.1) is 0 Å². The zero-order valence-electron chi connectivity index (χ0n) is 16.2. The number of nitrogens with zero attached hydrogens (tertiary/aromatic N) is 1. The SMILES string of the molecule is CC(C)Oc1ccc(C(=O)OC(C(=O)N2CCOCC2)c2ccccc2)cc1. The lowest BCUT2D eigenvalue weighted by Gasteiger charge is -2.30. The van der Waals surface area contributed by atoms with E-state index in [1.54, 1.807) is 41.3 Å². The molecule has 1 atom stereocenters. The number of rotatable bonds is 6. The second-order valence-corrected chi connectivity index (χ2v) is 6.82. The molecule has 1 heterocycles. The molecule has 6 heteroatoms. The highest BCUT2D eigenvalue weighted by Crippen LogP contribution is 2.23. The predicted octanol–water partition coefficient (Wildman–Crippen LogP) is 3.23. The molecule has 28 heavy (non-hydrogen) atoms. The van der Waals surface area contributed by atoms with Crippen LogP contribution in [0.3, 0.4) is 0 Å². The molecular weight excluding hydrogens is 358 g/mol. The fourth-order valence-corrected chi connectivity index (χ4v) is 2.96. The van der Waals surface area contributed by atoms with E-state index in [2.05, 4.69) is 0 Å². The Bertz CT molecular complexity index is 782. The lowest BCUT2D eigenvalue weighted by molar-refractivity contribution is -0.145. The van der Waals surface area contributed by atoms with E-state index in [0.29, 0.717) is 43.2 Å². The van der Waals surface area contributed by atoms with E-state index in [-0.39, 0.29) is 12.0 Å². The number of morpholine rings is 1. The molecule has 2 aromatic carbocycles. The molecule has 1 fully saturated rings. The number of hydrogen-bond acceptors (Lipinski definition) is 5. The van der Waals surface area contributed by atoms with Gasteiger partial charge in [0.05, 0.1) is 24.9 Å². The lowest BCUT2D eigenvalue weighted by Crippen LogP contribution is -2.44. The van der Waals surface area contributed by atoms with E-state index in [1.165, 1.54) is 0 Å². The first-order valence-electron chi connectivity index (χ1n) is 9.44. The molecule has 1 amide bonds. The Balaban J connectivity index is 1.77. The highest BCUT2D eigenvalue weighted by molar-refractivity contribution is 5.92. The summed E-state index contributed by atoms with van der Waals surface area (Å²) in [6.07, 6.45) is -0.940. The van der Waals surface area contributed by atoms with Gasteiger partial charge in [-0.05, 0) is 38.1 Å². The first kappa shape index (κ1) is 19.9. The Kier molecular flexibility index (Phi) is 6.66. The molecular formula is C22H25NO5. The van der Waals surface area contributed by atoms with E-state index < -0.39 is 12.1 Å². The highest BCUT2D eigenvalue weighted by Gasteiger charge is 2.30. The summed E-state index contributed by atoms with van der Waals surface area (Å²) in [6.45, 7) is 5.81. The van der Waals surface area contributed by atoms with E-state index in [0.717, 1.165) is 0 Å². The van der Waals surface area contributed by atoms with Crippen LogP contribution in [0.4, 0.5) is 0 Å². The van der Waals surface area contributed by atoms with Gasteiger partial charge in [-0.1, -0.05) is 30.3 Å². The molecule has 0 N–H and O–H groups in total. The average Bonchev–Trinajstić information content (AvgIpc) is 2.73. The average molecular weight is 383 g/mol. The van der Waals surface area contributed by atoms with Crippen LogP contribution in [-0.4, -0.2) is 49.2 Å². The summed E-state index contributed by atoms with van der Waals surface area (Å²) in [4.78, 5) is 27.4. The van der Waals surface area contributed by atoms with Crippen molar-refractivity contribution in [2.75, 3.05) is 26.3 Å². The fraction of sp³-hybridized carbons (Fsp3) is 0.364. The van der Waals surface area contributed by atoms with E-state index >= 15 is 0 Å². The predicted molar refractivity (Wildman–Crippen MR) is 104 cm³/mol. The monoisotopic (exact) mass is 383 g/mol. The summed E-state index contributed by atoms with van der Waals surface area (Å²) in [6, 6.07) is 15.8. The van der Waals surface area contributed by atoms with Gasteiger partial charge < -0.3 is 19.1 Å². The van der Waals surface area contributed by atoms with E-state index in [9.17, 15) is 9.59 Å². The molecule has 0 aliphatic carbocycles. The van der Waals surface area contributed by atoms with Crippen molar-refractivity contribution < 1.29 is 23.8 Å². The van der Waals surface area contributed by atoms with Gasteiger partial charge in [0.25, 0.3) is 5.91 Å². The molecule has 0 aromatic heterocycles. The number of esters is 1. The minimum absolute atomic E-state index is 0.0476. The van der Waals surface area contributed by atoms with Gasteiger partial charge in [0.1, 0.15) is 5.75 Å². The van der Waals surface area contributed by atoms with Crippen molar-refractivity contribution in [3.8, 4) is 5.75 Å². The normalized spacial score (nSPS) is 15.2. The topological polar surface area (TPSA) is 65.1 Å². The Morgan fingerprint density at radius 1 is 0.964 bits per heavy atom. The van der Waals surface area contributed by atoms with Gasteiger partial charge in [0.15, 0.2) is 0 Å². The van der Waals surface area contributed by atoms with Gasteiger partial charge >= 0.3 is 5.97 Å². The van der Waals surface area contributed by atoms with Crippen molar-refractivity contribution in [3.63, 3.8) is 0 Å². The molecule has 1 aliphatic heterocycles. The van der Waals surface area contributed by atoms with Gasteiger partial charge in [-0.25, -0.2) is 4.79 Å². The Morgan fingerprint density at radius 3 is 2.21 bits per heavy atom. The molecule has 2 aromatic rings. The van der Waals surface area contributed by atoms with Gasteiger partial charge in [0.2, 0.25) is 6.10 Å².